The van der Waals surface area contributed by atoms with Gasteiger partial charge in [-0.2, -0.15) is 0 Å². The first-order valence-corrected chi connectivity index (χ1v) is 6.76. The minimum Gasteiger partial charge on any atom is -0.354 e. The van der Waals surface area contributed by atoms with E-state index in [2.05, 4.69) is 0 Å². The summed E-state index contributed by atoms with van der Waals surface area (Å²) >= 11 is 0. The molecular weight excluding hydrogens is 254 g/mol. The number of ether oxygens (including phenoxy) is 1. The van der Waals surface area contributed by atoms with E-state index in [1.807, 2.05) is 44.2 Å². The summed E-state index contributed by atoms with van der Waals surface area (Å²) in [4.78, 5) is 13.9. The molecule has 2 rings (SSSR count). The molecule has 1 amide bonds. The van der Waals surface area contributed by atoms with Gasteiger partial charge in [0.1, 0.15) is 5.72 Å². The van der Waals surface area contributed by atoms with Crippen molar-refractivity contribution >= 4 is 5.91 Å². The zero-order valence-corrected chi connectivity index (χ0v) is 12.1. The minimum atomic E-state index is -0.678. The number of benzene rings is 1. The second-order valence-electron chi connectivity index (χ2n) is 5.56. The van der Waals surface area contributed by atoms with Gasteiger partial charge in [-0.3, -0.25) is 9.90 Å². The molecule has 1 aromatic carbocycles. The molecule has 0 saturated carbocycles. The highest BCUT2D eigenvalue weighted by Crippen LogP contribution is 2.29. The Morgan fingerprint density at radius 1 is 1.40 bits per heavy atom. The molecule has 1 atom stereocenters. The van der Waals surface area contributed by atoms with Crippen molar-refractivity contribution in [3.8, 4) is 0 Å². The highest BCUT2D eigenvalue weighted by Gasteiger charge is 2.42. The molecule has 0 N–H and O–H groups in total. The number of allylic oxidation sites excluding steroid dienone is 1. The number of hydrogen-bond donors (Lipinski definition) is 0. The van der Waals surface area contributed by atoms with Crippen molar-refractivity contribution in [3.05, 3.63) is 47.7 Å². The van der Waals surface area contributed by atoms with Gasteiger partial charge in [-0.25, -0.2) is 0 Å². The lowest BCUT2D eigenvalue weighted by molar-refractivity contribution is -0.140. The fraction of sp³-hybridized carbons (Fsp3) is 0.438. The van der Waals surface area contributed by atoms with Crippen molar-refractivity contribution < 1.29 is 14.6 Å². The maximum absolute atomic E-state index is 12.2. The molecular formula is C16H20NO3. The van der Waals surface area contributed by atoms with Gasteiger partial charge in [-0.1, -0.05) is 30.3 Å². The van der Waals surface area contributed by atoms with E-state index in [4.69, 9.17) is 4.74 Å². The average Bonchev–Trinajstić information content (AvgIpc) is 2.65. The van der Waals surface area contributed by atoms with Crippen molar-refractivity contribution in [1.29, 1.82) is 0 Å². The summed E-state index contributed by atoms with van der Waals surface area (Å²) in [6, 6.07) is 9.93. The van der Waals surface area contributed by atoms with Gasteiger partial charge < -0.3 is 9.64 Å². The van der Waals surface area contributed by atoms with E-state index in [0.29, 0.717) is 6.61 Å². The van der Waals surface area contributed by atoms with E-state index >= 15 is 0 Å². The maximum Gasteiger partial charge on any atom is 0.252 e. The van der Waals surface area contributed by atoms with Gasteiger partial charge in [0.05, 0.1) is 12.6 Å². The highest BCUT2D eigenvalue weighted by molar-refractivity contribution is 5.88. The summed E-state index contributed by atoms with van der Waals surface area (Å²) in [5.74, 6) is -0.517. The Hall–Kier alpha value is -1.81. The summed E-state index contributed by atoms with van der Waals surface area (Å²) in [6.07, 6.45) is 1.86. The Morgan fingerprint density at radius 3 is 2.65 bits per heavy atom. The van der Waals surface area contributed by atoms with E-state index in [1.165, 1.54) is 6.92 Å². The fourth-order valence-electron chi connectivity index (χ4n) is 2.61. The first kappa shape index (κ1) is 14.6. The van der Waals surface area contributed by atoms with Crippen LogP contribution in [0.15, 0.2) is 42.2 Å². The second-order valence-corrected chi connectivity index (χ2v) is 5.56. The molecule has 1 heterocycles. The van der Waals surface area contributed by atoms with Crippen molar-refractivity contribution in [2.75, 3.05) is 6.61 Å². The Balaban J connectivity index is 2.20. The number of hydrogen-bond acceptors (Lipinski definition) is 2. The number of nitrogens with zero attached hydrogens (tertiary/aromatic N) is 1. The number of carbonyl (C=O) groups excluding carboxylic acids is 1. The molecule has 1 saturated heterocycles. The summed E-state index contributed by atoms with van der Waals surface area (Å²) in [5, 5.41) is 11.1. The van der Waals surface area contributed by atoms with Crippen LogP contribution in [0.3, 0.4) is 0 Å². The summed E-state index contributed by atoms with van der Waals surface area (Å²) in [6.45, 7) is 5.57. The largest absolute Gasteiger partial charge is 0.354 e. The smallest absolute Gasteiger partial charge is 0.252 e. The molecule has 0 aromatic heterocycles. The summed E-state index contributed by atoms with van der Waals surface area (Å²) < 4.78 is 5.71. The molecule has 0 unspecified atom stereocenters. The monoisotopic (exact) mass is 274 g/mol. The Labute approximate surface area is 119 Å². The van der Waals surface area contributed by atoms with Crippen molar-refractivity contribution in [3.63, 3.8) is 0 Å². The van der Waals surface area contributed by atoms with Gasteiger partial charge in [0.15, 0.2) is 5.76 Å². The van der Waals surface area contributed by atoms with Crippen molar-refractivity contribution in [1.82, 2.24) is 4.90 Å². The van der Waals surface area contributed by atoms with E-state index in [-0.39, 0.29) is 17.7 Å². The molecule has 20 heavy (non-hydrogen) atoms. The molecule has 0 bridgehead atoms. The molecule has 4 heteroatoms. The number of amides is 1. The second kappa shape index (κ2) is 5.67. The molecule has 1 aromatic rings. The third kappa shape index (κ3) is 3.20. The SMILES string of the molecule is CC([O])=CC(=O)N1[C@@H](Cc2ccccc2)COC1(C)C. The number of carbonyl (C=O) groups is 1. The first-order chi connectivity index (χ1) is 9.40. The molecule has 0 aliphatic carbocycles. The van der Waals surface area contributed by atoms with Crippen LogP contribution < -0.4 is 0 Å². The molecule has 1 fully saturated rings. The van der Waals surface area contributed by atoms with Crippen LogP contribution in [0.5, 0.6) is 0 Å². The zero-order chi connectivity index (χ0) is 14.8. The van der Waals surface area contributed by atoms with Crippen LogP contribution in [0.4, 0.5) is 0 Å². The minimum absolute atomic E-state index is 0.0458. The molecule has 1 aliphatic heterocycles. The molecule has 107 valence electrons. The third-order valence-electron chi connectivity index (χ3n) is 3.45. The van der Waals surface area contributed by atoms with Crippen LogP contribution in [0.1, 0.15) is 26.3 Å². The van der Waals surface area contributed by atoms with Crippen LogP contribution >= 0.6 is 0 Å². The molecule has 0 spiro atoms. The quantitative estimate of drug-likeness (QED) is 0.628. The lowest BCUT2D eigenvalue weighted by atomic mass is 10.0. The standard InChI is InChI=1S/C16H20NO3/c1-12(18)9-15(19)17-14(11-20-16(17,2)3)10-13-7-5-4-6-8-13/h4-9,14H,10-11H2,1-3H3/t14-/m0/s1. The molecule has 1 aliphatic rings. The normalized spacial score (nSPS) is 22.1. The van der Waals surface area contributed by atoms with Gasteiger partial charge in [0, 0.05) is 6.08 Å². The molecule has 1 radical (unpaired) electrons. The van der Waals surface area contributed by atoms with Gasteiger partial charge in [-0.15, -0.1) is 0 Å². The van der Waals surface area contributed by atoms with Gasteiger partial charge in [0.2, 0.25) is 0 Å². The van der Waals surface area contributed by atoms with Gasteiger partial charge in [0.25, 0.3) is 5.91 Å². The van der Waals surface area contributed by atoms with Crippen LogP contribution in [0, 0.1) is 0 Å². The van der Waals surface area contributed by atoms with Gasteiger partial charge in [-0.05, 0) is 32.8 Å². The lowest BCUT2D eigenvalue weighted by Crippen LogP contribution is -2.48. The van der Waals surface area contributed by atoms with Crippen LogP contribution in [0.25, 0.3) is 0 Å². The highest BCUT2D eigenvalue weighted by atomic mass is 16.5. The van der Waals surface area contributed by atoms with Crippen molar-refractivity contribution in [2.45, 2.75) is 39.0 Å². The van der Waals surface area contributed by atoms with Crippen LogP contribution in [-0.4, -0.2) is 29.2 Å². The lowest BCUT2D eigenvalue weighted by Gasteiger charge is -2.33. The zero-order valence-electron chi connectivity index (χ0n) is 12.1. The summed E-state index contributed by atoms with van der Waals surface area (Å²) in [7, 11) is 0. The average molecular weight is 274 g/mol. The fourth-order valence-corrected chi connectivity index (χ4v) is 2.61. The Morgan fingerprint density at radius 2 is 2.05 bits per heavy atom. The Kier molecular flexibility index (Phi) is 4.14. The number of rotatable bonds is 3. The van der Waals surface area contributed by atoms with E-state index in [9.17, 15) is 9.90 Å². The van der Waals surface area contributed by atoms with Crippen molar-refractivity contribution in [2.24, 2.45) is 0 Å². The summed E-state index contributed by atoms with van der Waals surface area (Å²) in [5.41, 5.74) is 0.474. The third-order valence-corrected chi connectivity index (χ3v) is 3.45. The maximum atomic E-state index is 12.2. The van der Waals surface area contributed by atoms with E-state index < -0.39 is 5.72 Å². The topological polar surface area (TPSA) is 49.4 Å². The first-order valence-electron chi connectivity index (χ1n) is 6.76. The predicted molar refractivity (Wildman–Crippen MR) is 75.3 cm³/mol. The Bertz CT molecular complexity index is 504. The van der Waals surface area contributed by atoms with Gasteiger partial charge >= 0.3 is 0 Å². The molecule has 4 nitrogen and oxygen atoms in total. The predicted octanol–water partition coefficient (Wildman–Crippen LogP) is 2.53. The van der Waals surface area contributed by atoms with E-state index in [1.54, 1.807) is 4.90 Å². The van der Waals surface area contributed by atoms with Crippen LogP contribution in [0.2, 0.25) is 0 Å². The van der Waals surface area contributed by atoms with Crippen LogP contribution in [-0.2, 0) is 21.1 Å². The van der Waals surface area contributed by atoms with E-state index in [0.717, 1.165) is 18.1 Å².